The molecule has 0 spiro atoms. The van der Waals surface area contributed by atoms with E-state index in [9.17, 15) is 29.7 Å². The predicted octanol–water partition coefficient (Wildman–Crippen LogP) is 2.55. The number of rotatable bonds is 4. The van der Waals surface area contributed by atoms with Gasteiger partial charge in [0.15, 0.2) is 16.8 Å². The van der Waals surface area contributed by atoms with E-state index in [4.69, 9.17) is 4.42 Å². The number of fused-ring (bicyclic) bond motifs is 4. The summed E-state index contributed by atoms with van der Waals surface area (Å²) in [5.74, 6) is -1.71. The molecule has 0 fully saturated rings. The third kappa shape index (κ3) is 2.71. The van der Waals surface area contributed by atoms with Crippen LogP contribution in [0.2, 0.25) is 0 Å². The first kappa shape index (κ1) is 19.8. The van der Waals surface area contributed by atoms with E-state index in [2.05, 4.69) is 6.58 Å². The first-order valence-electron chi connectivity index (χ1n) is 9.21. The number of carbonyl (C=O) groups is 2. The Morgan fingerprint density at radius 3 is 2.50 bits per heavy atom. The molecule has 0 amide bonds. The number of benzene rings is 2. The van der Waals surface area contributed by atoms with Crippen LogP contribution in [-0.4, -0.2) is 26.9 Å². The fourth-order valence-corrected chi connectivity index (χ4v) is 3.83. The van der Waals surface area contributed by atoms with Gasteiger partial charge in [-0.25, -0.2) is 0 Å². The molecule has 0 saturated heterocycles. The van der Waals surface area contributed by atoms with Crippen molar-refractivity contribution in [2.75, 3.05) is 0 Å². The van der Waals surface area contributed by atoms with Gasteiger partial charge in [0.05, 0.1) is 23.1 Å². The predicted molar refractivity (Wildman–Crippen MR) is 108 cm³/mol. The summed E-state index contributed by atoms with van der Waals surface area (Å²) in [5.41, 5.74) is -2.64. The molecule has 3 N–H and O–H groups in total. The lowest BCUT2D eigenvalue weighted by atomic mass is 9.81. The van der Waals surface area contributed by atoms with Crippen LogP contribution in [-0.2, 0) is 12.2 Å². The molecule has 3 aromatic rings. The third-order valence-electron chi connectivity index (χ3n) is 5.31. The molecular formula is C23H18O7. The Balaban J connectivity index is 2.15. The van der Waals surface area contributed by atoms with Crippen LogP contribution in [0, 0.1) is 0 Å². The van der Waals surface area contributed by atoms with Crippen molar-refractivity contribution in [3.63, 3.8) is 0 Å². The van der Waals surface area contributed by atoms with Gasteiger partial charge in [-0.1, -0.05) is 18.2 Å². The topological polar surface area (TPSA) is 125 Å². The highest BCUT2D eigenvalue weighted by Gasteiger charge is 2.36. The van der Waals surface area contributed by atoms with Crippen molar-refractivity contribution < 1.29 is 29.3 Å². The number of aliphatic hydroxyl groups is 2. The lowest BCUT2D eigenvalue weighted by Crippen LogP contribution is -2.25. The average Bonchev–Trinajstić information content (AvgIpc) is 2.70. The van der Waals surface area contributed by atoms with Crippen molar-refractivity contribution in [3.05, 3.63) is 86.8 Å². The minimum atomic E-state index is -1.58. The Hall–Kier alpha value is -3.55. The van der Waals surface area contributed by atoms with Gasteiger partial charge in [-0.15, -0.1) is 6.58 Å². The molecule has 1 heterocycles. The molecule has 4 rings (SSSR count). The number of ketones is 2. The number of aliphatic hydroxyl groups excluding tert-OH is 1. The van der Waals surface area contributed by atoms with Crippen LogP contribution in [0.1, 0.15) is 56.5 Å². The van der Waals surface area contributed by atoms with Gasteiger partial charge in [0, 0.05) is 23.6 Å². The molecule has 2 aromatic carbocycles. The molecule has 1 aliphatic rings. The highest BCUT2D eigenvalue weighted by Crippen LogP contribution is 2.38. The Labute approximate surface area is 170 Å². The number of hydrogen-bond donors (Lipinski definition) is 3. The Kier molecular flexibility index (Phi) is 4.45. The lowest BCUT2D eigenvalue weighted by Gasteiger charge is -2.23. The molecule has 0 aliphatic heterocycles. The first-order valence-corrected chi connectivity index (χ1v) is 9.21. The van der Waals surface area contributed by atoms with Crippen LogP contribution < -0.4 is 5.43 Å². The minimum absolute atomic E-state index is 0.0212. The molecule has 0 bridgehead atoms. The summed E-state index contributed by atoms with van der Waals surface area (Å²) in [6.07, 6.45) is 1.52. The molecule has 0 unspecified atom stereocenters. The SMILES string of the molecule is C=CC[C@](C)(O)c1cc(=O)c2c(CO)cc3c(c2o1)C(=O)c1c(O)cccc1C3=O. The average molecular weight is 406 g/mol. The highest BCUT2D eigenvalue weighted by molar-refractivity contribution is 6.32. The summed E-state index contributed by atoms with van der Waals surface area (Å²) >= 11 is 0. The van der Waals surface area contributed by atoms with E-state index in [1.165, 1.54) is 37.3 Å². The number of phenols is 1. The largest absolute Gasteiger partial charge is 0.507 e. The van der Waals surface area contributed by atoms with E-state index < -0.39 is 29.2 Å². The molecule has 1 aliphatic carbocycles. The van der Waals surface area contributed by atoms with E-state index in [1.54, 1.807) is 0 Å². The quantitative estimate of drug-likeness (QED) is 0.445. The van der Waals surface area contributed by atoms with E-state index in [0.717, 1.165) is 6.07 Å². The summed E-state index contributed by atoms with van der Waals surface area (Å²) in [4.78, 5) is 39.2. The lowest BCUT2D eigenvalue weighted by molar-refractivity contribution is 0.0375. The normalized spacial score (nSPS) is 14.9. The highest BCUT2D eigenvalue weighted by atomic mass is 16.4. The second-order valence-electron chi connectivity index (χ2n) is 7.42. The summed E-state index contributed by atoms with van der Waals surface area (Å²) in [7, 11) is 0. The van der Waals surface area contributed by atoms with Crippen LogP contribution >= 0.6 is 0 Å². The van der Waals surface area contributed by atoms with Gasteiger partial charge < -0.3 is 19.7 Å². The van der Waals surface area contributed by atoms with Crippen molar-refractivity contribution in [1.29, 1.82) is 0 Å². The maximum atomic E-state index is 13.3. The molecule has 1 aromatic heterocycles. The molecule has 152 valence electrons. The van der Waals surface area contributed by atoms with E-state index in [0.29, 0.717) is 0 Å². The van der Waals surface area contributed by atoms with Gasteiger partial charge >= 0.3 is 0 Å². The second-order valence-corrected chi connectivity index (χ2v) is 7.42. The standard InChI is InChI=1S/C23H18O7/c1-3-7-23(2,29)16-9-15(26)17-11(10-24)8-13-19(22(17)30-16)21(28)18-12(20(13)27)5-4-6-14(18)25/h3-6,8-9,24-25,29H,1,7,10H2,2H3/t23-/m0/s1. The first-order chi connectivity index (χ1) is 14.2. The molecule has 0 radical (unpaired) electrons. The van der Waals surface area contributed by atoms with Crippen molar-refractivity contribution >= 4 is 22.5 Å². The van der Waals surface area contributed by atoms with Gasteiger partial charge in [-0.05, 0) is 24.6 Å². The summed E-state index contributed by atoms with van der Waals surface area (Å²) in [5, 5.41) is 30.6. The number of phenolic OH excluding ortho intramolecular Hbond substituents is 1. The van der Waals surface area contributed by atoms with Crippen molar-refractivity contribution in [2.24, 2.45) is 0 Å². The van der Waals surface area contributed by atoms with Crippen molar-refractivity contribution in [1.82, 2.24) is 0 Å². The molecule has 1 atom stereocenters. The maximum absolute atomic E-state index is 13.3. The Bertz CT molecular complexity index is 1310. The molecular weight excluding hydrogens is 388 g/mol. The van der Waals surface area contributed by atoms with Gasteiger partial charge in [-0.2, -0.15) is 0 Å². The number of hydrogen-bond acceptors (Lipinski definition) is 7. The molecule has 7 heteroatoms. The van der Waals surface area contributed by atoms with Crippen LogP contribution in [0.3, 0.4) is 0 Å². The van der Waals surface area contributed by atoms with Gasteiger partial charge in [-0.3, -0.25) is 14.4 Å². The Morgan fingerprint density at radius 2 is 1.83 bits per heavy atom. The Morgan fingerprint density at radius 1 is 1.10 bits per heavy atom. The molecule has 30 heavy (non-hydrogen) atoms. The molecule has 7 nitrogen and oxygen atoms in total. The molecule has 0 saturated carbocycles. The van der Waals surface area contributed by atoms with Crippen molar-refractivity contribution in [3.8, 4) is 5.75 Å². The van der Waals surface area contributed by atoms with Crippen LogP contribution in [0.4, 0.5) is 0 Å². The van der Waals surface area contributed by atoms with Gasteiger partial charge in [0.2, 0.25) is 5.78 Å². The summed E-state index contributed by atoms with van der Waals surface area (Å²) < 4.78 is 5.81. The van der Waals surface area contributed by atoms with Crippen molar-refractivity contribution in [2.45, 2.75) is 25.6 Å². The summed E-state index contributed by atoms with van der Waals surface area (Å²) in [6, 6.07) is 6.54. The van der Waals surface area contributed by atoms with Crippen LogP contribution in [0.25, 0.3) is 11.0 Å². The monoisotopic (exact) mass is 406 g/mol. The fourth-order valence-electron chi connectivity index (χ4n) is 3.83. The van der Waals surface area contributed by atoms with Gasteiger partial charge in [0.25, 0.3) is 0 Å². The summed E-state index contributed by atoms with van der Waals surface area (Å²) in [6.45, 7) is 4.43. The van der Waals surface area contributed by atoms with E-state index >= 15 is 0 Å². The second kappa shape index (κ2) is 6.76. The maximum Gasteiger partial charge on any atom is 0.202 e. The zero-order chi connectivity index (χ0) is 21.8. The van der Waals surface area contributed by atoms with Gasteiger partial charge in [0.1, 0.15) is 17.1 Å². The number of carbonyl (C=O) groups excluding carboxylic acids is 2. The number of aromatic hydroxyl groups is 1. The zero-order valence-corrected chi connectivity index (χ0v) is 16.1. The van der Waals surface area contributed by atoms with Crippen LogP contribution in [0.15, 0.2) is 52.2 Å². The zero-order valence-electron chi connectivity index (χ0n) is 16.1. The smallest absolute Gasteiger partial charge is 0.202 e. The van der Waals surface area contributed by atoms with E-state index in [1.807, 2.05) is 0 Å². The minimum Gasteiger partial charge on any atom is -0.507 e. The fraction of sp³-hybridized carbons (Fsp3) is 0.174. The van der Waals surface area contributed by atoms with Crippen LogP contribution in [0.5, 0.6) is 5.75 Å². The third-order valence-corrected chi connectivity index (χ3v) is 5.31. The van der Waals surface area contributed by atoms with E-state index in [-0.39, 0.29) is 56.7 Å².